The molecule has 0 aliphatic carbocycles. The predicted molar refractivity (Wildman–Crippen MR) is 94.7 cm³/mol. The highest BCUT2D eigenvalue weighted by Crippen LogP contribution is 2.14. The van der Waals surface area contributed by atoms with Crippen LogP contribution in [-0.2, 0) is 4.84 Å². The number of pyridine rings is 1. The zero-order valence-corrected chi connectivity index (χ0v) is 13.6. The maximum absolute atomic E-state index is 12.2. The van der Waals surface area contributed by atoms with Crippen molar-refractivity contribution in [1.82, 2.24) is 4.98 Å². The SMILES string of the molecule is COc1ccc(C(=O)ON=C(c2ccccc2)c2ccncc2)cc1. The minimum Gasteiger partial charge on any atom is -0.497 e. The molecule has 0 atom stereocenters. The van der Waals surface area contributed by atoms with Gasteiger partial charge in [-0.2, -0.15) is 0 Å². The van der Waals surface area contributed by atoms with Crippen LogP contribution in [-0.4, -0.2) is 23.8 Å². The lowest BCUT2D eigenvalue weighted by atomic mass is 10.0. The van der Waals surface area contributed by atoms with Crippen molar-refractivity contribution in [2.24, 2.45) is 5.16 Å². The van der Waals surface area contributed by atoms with E-state index in [4.69, 9.17) is 9.57 Å². The van der Waals surface area contributed by atoms with Crippen LogP contribution in [0.25, 0.3) is 0 Å². The van der Waals surface area contributed by atoms with Crippen molar-refractivity contribution in [2.45, 2.75) is 0 Å². The normalized spacial score (nSPS) is 11.0. The summed E-state index contributed by atoms with van der Waals surface area (Å²) < 4.78 is 5.08. The molecule has 1 aromatic heterocycles. The lowest BCUT2D eigenvalue weighted by Crippen LogP contribution is -2.08. The number of oxime groups is 1. The Labute approximate surface area is 145 Å². The van der Waals surface area contributed by atoms with Gasteiger partial charge in [-0.05, 0) is 36.4 Å². The van der Waals surface area contributed by atoms with Crippen molar-refractivity contribution < 1.29 is 14.4 Å². The second kappa shape index (κ2) is 7.88. The average molecular weight is 332 g/mol. The van der Waals surface area contributed by atoms with Crippen LogP contribution in [0.5, 0.6) is 5.75 Å². The van der Waals surface area contributed by atoms with E-state index >= 15 is 0 Å². The Morgan fingerprint density at radius 3 is 2.12 bits per heavy atom. The van der Waals surface area contributed by atoms with E-state index in [1.165, 1.54) is 0 Å². The van der Waals surface area contributed by atoms with Gasteiger partial charge in [-0.25, -0.2) is 4.79 Å². The summed E-state index contributed by atoms with van der Waals surface area (Å²) >= 11 is 0. The Balaban J connectivity index is 1.87. The molecule has 0 aliphatic rings. The van der Waals surface area contributed by atoms with Gasteiger partial charge in [0.05, 0.1) is 12.7 Å². The number of carbonyl (C=O) groups excluding carboxylic acids is 1. The molecule has 0 amide bonds. The van der Waals surface area contributed by atoms with Crippen LogP contribution in [0, 0.1) is 0 Å². The second-order valence-corrected chi connectivity index (χ2v) is 5.15. The van der Waals surface area contributed by atoms with Gasteiger partial charge in [0.2, 0.25) is 0 Å². The third-order valence-electron chi connectivity index (χ3n) is 3.55. The van der Waals surface area contributed by atoms with Crippen LogP contribution in [0.4, 0.5) is 0 Å². The van der Waals surface area contributed by atoms with Crippen LogP contribution in [0.15, 0.2) is 84.3 Å². The largest absolute Gasteiger partial charge is 0.497 e. The summed E-state index contributed by atoms with van der Waals surface area (Å²) in [6.07, 6.45) is 3.33. The molecule has 5 nitrogen and oxygen atoms in total. The van der Waals surface area contributed by atoms with Gasteiger partial charge in [-0.1, -0.05) is 35.5 Å². The second-order valence-electron chi connectivity index (χ2n) is 5.15. The van der Waals surface area contributed by atoms with Crippen LogP contribution >= 0.6 is 0 Å². The molecule has 2 aromatic carbocycles. The molecule has 124 valence electrons. The highest BCUT2D eigenvalue weighted by Gasteiger charge is 2.11. The standard InChI is InChI=1S/C20H16N2O3/c1-24-18-9-7-17(8-10-18)20(23)25-22-19(15-5-3-2-4-6-15)16-11-13-21-14-12-16/h2-14H,1H3. The molecule has 0 bridgehead atoms. The fourth-order valence-electron chi connectivity index (χ4n) is 2.24. The van der Waals surface area contributed by atoms with Crippen molar-refractivity contribution in [3.63, 3.8) is 0 Å². The van der Waals surface area contributed by atoms with E-state index in [1.807, 2.05) is 42.5 Å². The van der Waals surface area contributed by atoms with Gasteiger partial charge in [0.25, 0.3) is 0 Å². The molecule has 25 heavy (non-hydrogen) atoms. The molecule has 0 saturated carbocycles. The molecule has 0 unspecified atom stereocenters. The van der Waals surface area contributed by atoms with Crippen molar-refractivity contribution in [2.75, 3.05) is 7.11 Å². The molecule has 3 aromatic rings. The highest BCUT2D eigenvalue weighted by molar-refractivity contribution is 6.12. The van der Waals surface area contributed by atoms with E-state index in [2.05, 4.69) is 10.1 Å². The number of hydrogen-bond donors (Lipinski definition) is 0. The quantitative estimate of drug-likeness (QED) is 0.406. The van der Waals surface area contributed by atoms with Gasteiger partial charge in [0.15, 0.2) is 0 Å². The van der Waals surface area contributed by atoms with E-state index in [-0.39, 0.29) is 0 Å². The molecule has 1 heterocycles. The van der Waals surface area contributed by atoms with Gasteiger partial charge in [0.1, 0.15) is 11.5 Å². The summed E-state index contributed by atoms with van der Waals surface area (Å²) in [6, 6.07) is 19.8. The number of carbonyl (C=O) groups is 1. The van der Waals surface area contributed by atoms with Gasteiger partial charge in [-0.3, -0.25) is 4.98 Å². The number of nitrogens with zero attached hydrogens (tertiary/aromatic N) is 2. The predicted octanol–water partition coefficient (Wildman–Crippen LogP) is 3.70. The Bertz CT molecular complexity index is 819. The van der Waals surface area contributed by atoms with Gasteiger partial charge < -0.3 is 9.57 Å². The monoisotopic (exact) mass is 332 g/mol. The summed E-state index contributed by atoms with van der Waals surface area (Å²) in [5.41, 5.74) is 2.61. The van der Waals surface area contributed by atoms with Crippen molar-refractivity contribution in [3.8, 4) is 5.75 Å². The molecular weight excluding hydrogens is 316 g/mol. The van der Waals surface area contributed by atoms with Crippen molar-refractivity contribution in [3.05, 3.63) is 95.8 Å². The Morgan fingerprint density at radius 2 is 1.48 bits per heavy atom. The van der Waals surface area contributed by atoms with Crippen LogP contribution in [0.3, 0.4) is 0 Å². The minimum absolute atomic E-state index is 0.395. The Kier molecular flexibility index (Phi) is 5.16. The highest BCUT2D eigenvalue weighted by atomic mass is 16.7. The number of benzene rings is 2. The molecule has 0 saturated heterocycles. The van der Waals surface area contributed by atoms with Crippen molar-refractivity contribution in [1.29, 1.82) is 0 Å². The first-order chi connectivity index (χ1) is 12.3. The summed E-state index contributed by atoms with van der Waals surface area (Å²) in [7, 11) is 1.57. The Morgan fingerprint density at radius 1 is 0.840 bits per heavy atom. The maximum atomic E-state index is 12.2. The van der Waals surface area contributed by atoms with Gasteiger partial charge in [0, 0.05) is 23.5 Å². The summed E-state index contributed by atoms with van der Waals surface area (Å²) in [5.74, 6) is 0.131. The van der Waals surface area contributed by atoms with E-state index < -0.39 is 5.97 Å². The first-order valence-corrected chi connectivity index (χ1v) is 7.67. The fraction of sp³-hybridized carbons (Fsp3) is 0.0500. The minimum atomic E-state index is -0.537. The molecule has 0 N–H and O–H groups in total. The van der Waals surface area contributed by atoms with E-state index in [0.29, 0.717) is 17.0 Å². The molecule has 0 aliphatic heterocycles. The van der Waals surface area contributed by atoms with Crippen LogP contribution < -0.4 is 4.74 Å². The number of ether oxygens (including phenoxy) is 1. The molecule has 3 rings (SSSR count). The summed E-state index contributed by atoms with van der Waals surface area (Å²) in [4.78, 5) is 21.4. The third kappa shape index (κ3) is 4.09. The molecule has 0 fully saturated rings. The van der Waals surface area contributed by atoms with E-state index in [1.54, 1.807) is 43.8 Å². The first kappa shape index (κ1) is 16.4. The van der Waals surface area contributed by atoms with Crippen LogP contribution in [0.1, 0.15) is 21.5 Å². The average Bonchev–Trinajstić information content (AvgIpc) is 2.70. The van der Waals surface area contributed by atoms with Gasteiger partial charge in [-0.15, -0.1) is 0 Å². The van der Waals surface area contributed by atoms with E-state index in [0.717, 1.165) is 11.1 Å². The first-order valence-electron chi connectivity index (χ1n) is 7.67. The molecule has 5 heteroatoms. The molecular formula is C20H16N2O3. The van der Waals surface area contributed by atoms with Crippen LogP contribution in [0.2, 0.25) is 0 Å². The maximum Gasteiger partial charge on any atom is 0.365 e. The zero-order chi connectivity index (χ0) is 17.5. The summed E-state index contributed by atoms with van der Waals surface area (Å²) in [6.45, 7) is 0. The number of hydrogen-bond acceptors (Lipinski definition) is 5. The third-order valence-corrected chi connectivity index (χ3v) is 3.55. The zero-order valence-electron chi connectivity index (χ0n) is 13.6. The lowest BCUT2D eigenvalue weighted by Gasteiger charge is -2.07. The topological polar surface area (TPSA) is 60.8 Å². The van der Waals surface area contributed by atoms with Crippen molar-refractivity contribution >= 4 is 11.7 Å². The summed E-state index contributed by atoms with van der Waals surface area (Å²) in [5, 5.41) is 4.09. The van der Waals surface area contributed by atoms with Gasteiger partial charge >= 0.3 is 5.97 Å². The fourth-order valence-corrected chi connectivity index (χ4v) is 2.24. The number of methoxy groups -OCH3 is 1. The Hall–Kier alpha value is -3.47. The lowest BCUT2D eigenvalue weighted by molar-refractivity contribution is 0.0517. The molecule has 0 radical (unpaired) electrons. The molecule has 0 spiro atoms. The smallest absolute Gasteiger partial charge is 0.365 e. The van der Waals surface area contributed by atoms with E-state index in [9.17, 15) is 4.79 Å². The number of rotatable bonds is 5. The number of aromatic nitrogens is 1.